The lowest BCUT2D eigenvalue weighted by molar-refractivity contribution is 0.0998. The molecule has 0 aromatic rings. The Morgan fingerprint density at radius 1 is 1.78 bits per heavy atom. The monoisotopic (exact) mass is 130 g/mol. The molecule has 0 aromatic carbocycles. The molecule has 0 saturated heterocycles. The predicted octanol–water partition coefficient (Wildman–Crippen LogP) is 1.28. The van der Waals surface area contributed by atoms with Crippen LogP contribution in [0.2, 0.25) is 0 Å². The van der Waals surface area contributed by atoms with Crippen molar-refractivity contribution in [2.45, 2.75) is 25.6 Å². The van der Waals surface area contributed by atoms with Gasteiger partial charge in [-0.25, -0.2) is 4.39 Å². The summed E-state index contributed by atoms with van der Waals surface area (Å²) in [7, 11) is 0. The van der Waals surface area contributed by atoms with Gasteiger partial charge in [-0.3, -0.25) is 0 Å². The lowest BCUT2D eigenvalue weighted by atomic mass is 10.0. The number of halogens is 1. The van der Waals surface area contributed by atoms with Crippen LogP contribution in [-0.2, 0) is 0 Å². The predicted molar refractivity (Wildman–Crippen MR) is 33.8 cm³/mol. The molecule has 1 aliphatic rings. The van der Waals surface area contributed by atoms with Gasteiger partial charge in [0.05, 0.1) is 6.10 Å². The minimum atomic E-state index is -0.918. The zero-order valence-electron chi connectivity index (χ0n) is 5.42. The molecular weight excluding hydrogens is 119 g/mol. The molecule has 0 spiro atoms. The van der Waals surface area contributed by atoms with Crippen LogP contribution in [0.4, 0.5) is 4.39 Å². The molecule has 0 saturated carbocycles. The molecule has 1 N–H and O–H groups in total. The molecule has 0 amide bonds. The summed E-state index contributed by atoms with van der Waals surface area (Å²) < 4.78 is 12.4. The summed E-state index contributed by atoms with van der Waals surface area (Å²) >= 11 is 0. The third-order valence-corrected chi connectivity index (χ3v) is 1.71. The Hall–Kier alpha value is -0.370. The zero-order chi connectivity index (χ0) is 6.85. The Labute approximate surface area is 54.2 Å². The van der Waals surface area contributed by atoms with Crippen molar-refractivity contribution in [1.29, 1.82) is 0 Å². The van der Waals surface area contributed by atoms with Gasteiger partial charge in [0, 0.05) is 5.92 Å². The second-order valence-electron chi connectivity index (χ2n) is 2.49. The number of hydrogen-bond acceptors (Lipinski definition) is 1. The summed E-state index contributed by atoms with van der Waals surface area (Å²) in [6, 6.07) is 0. The fraction of sp³-hybridized carbons (Fsp3) is 0.714. The average Bonchev–Trinajstić information content (AvgIpc) is 2.13. The van der Waals surface area contributed by atoms with Crippen molar-refractivity contribution in [3.8, 4) is 0 Å². The highest BCUT2D eigenvalue weighted by Gasteiger charge is 2.25. The highest BCUT2D eigenvalue weighted by molar-refractivity contribution is 5.03. The van der Waals surface area contributed by atoms with E-state index in [0.717, 1.165) is 0 Å². The van der Waals surface area contributed by atoms with E-state index in [9.17, 15) is 4.39 Å². The van der Waals surface area contributed by atoms with Gasteiger partial charge in [-0.1, -0.05) is 12.2 Å². The van der Waals surface area contributed by atoms with Crippen molar-refractivity contribution < 1.29 is 9.50 Å². The second-order valence-corrected chi connectivity index (χ2v) is 2.49. The largest absolute Gasteiger partial charge is 0.392 e. The van der Waals surface area contributed by atoms with E-state index in [0.29, 0.717) is 6.42 Å². The molecule has 1 aliphatic carbocycles. The molecule has 0 heterocycles. The summed E-state index contributed by atoms with van der Waals surface area (Å²) in [5.74, 6) is -0.259. The van der Waals surface area contributed by atoms with Gasteiger partial charge in [-0.2, -0.15) is 0 Å². The molecule has 1 unspecified atom stereocenters. The van der Waals surface area contributed by atoms with Crippen molar-refractivity contribution in [2.24, 2.45) is 5.92 Å². The van der Waals surface area contributed by atoms with E-state index in [4.69, 9.17) is 5.11 Å². The summed E-state index contributed by atoms with van der Waals surface area (Å²) in [5, 5.41) is 9.06. The highest BCUT2D eigenvalue weighted by Crippen LogP contribution is 2.22. The second kappa shape index (κ2) is 2.48. The molecule has 3 atom stereocenters. The molecule has 2 heteroatoms. The molecule has 0 bridgehead atoms. The molecule has 1 rings (SSSR count). The van der Waals surface area contributed by atoms with E-state index >= 15 is 0 Å². The number of aliphatic hydroxyl groups excluding tert-OH is 1. The van der Waals surface area contributed by atoms with Crippen molar-refractivity contribution in [2.75, 3.05) is 0 Å². The van der Waals surface area contributed by atoms with Crippen LogP contribution in [0.5, 0.6) is 0 Å². The lowest BCUT2D eigenvalue weighted by Crippen LogP contribution is -2.21. The third-order valence-electron chi connectivity index (χ3n) is 1.71. The van der Waals surface area contributed by atoms with Crippen LogP contribution in [0.1, 0.15) is 13.3 Å². The fourth-order valence-corrected chi connectivity index (χ4v) is 1.12. The van der Waals surface area contributed by atoms with E-state index < -0.39 is 12.3 Å². The number of aliphatic hydroxyl groups is 1. The molecular formula is C7H11FO. The topological polar surface area (TPSA) is 20.2 Å². The highest BCUT2D eigenvalue weighted by atomic mass is 19.1. The van der Waals surface area contributed by atoms with Crippen LogP contribution in [0.15, 0.2) is 12.2 Å². The average molecular weight is 130 g/mol. The minimum Gasteiger partial charge on any atom is -0.392 e. The number of alkyl halides is 1. The van der Waals surface area contributed by atoms with Crippen LogP contribution < -0.4 is 0 Å². The van der Waals surface area contributed by atoms with E-state index in [1.807, 2.05) is 6.08 Å². The first-order valence-corrected chi connectivity index (χ1v) is 3.20. The molecule has 1 nitrogen and oxygen atoms in total. The van der Waals surface area contributed by atoms with Crippen LogP contribution in [0, 0.1) is 5.92 Å². The Morgan fingerprint density at radius 2 is 2.44 bits per heavy atom. The zero-order valence-corrected chi connectivity index (χ0v) is 5.42. The van der Waals surface area contributed by atoms with Gasteiger partial charge in [-0.05, 0) is 13.3 Å². The SMILES string of the molecule is CC(F)[C@@H]1C=CC[C@H]1O. The molecule has 0 radical (unpaired) electrons. The lowest BCUT2D eigenvalue weighted by Gasteiger charge is -2.13. The summed E-state index contributed by atoms with van der Waals surface area (Å²) in [4.78, 5) is 0. The number of rotatable bonds is 1. The van der Waals surface area contributed by atoms with E-state index in [1.165, 1.54) is 6.92 Å². The first-order chi connectivity index (χ1) is 4.22. The molecule has 0 aliphatic heterocycles. The van der Waals surface area contributed by atoms with Crippen molar-refractivity contribution in [1.82, 2.24) is 0 Å². The van der Waals surface area contributed by atoms with Gasteiger partial charge < -0.3 is 5.11 Å². The van der Waals surface area contributed by atoms with Gasteiger partial charge in [-0.15, -0.1) is 0 Å². The van der Waals surface area contributed by atoms with E-state index in [-0.39, 0.29) is 5.92 Å². The maximum Gasteiger partial charge on any atom is 0.106 e. The normalized spacial score (nSPS) is 37.2. The van der Waals surface area contributed by atoms with Gasteiger partial charge >= 0.3 is 0 Å². The van der Waals surface area contributed by atoms with E-state index in [1.54, 1.807) is 6.08 Å². The first kappa shape index (κ1) is 6.75. The molecule has 52 valence electrons. The molecule has 9 heavy (non-hydrogen) atoms. The van der Waals surface area contributed by atoms with Crippen LogP contribution in [0.3, 0.4) is 0 Å². The maximum atomic E-state index is 12.4. The van der Waals surface area contributed by atoms with Crippen LogP contribution in [-0.4, -0.2) is 17.4 Å². The number of hydrogen-bond donors (Lipinski definition) is 1. The van der Waals surface area contributed by atoms with Crippen molar-refractivity contribution >= 4 is 0 Å². The quantitative estimate of drug-likeness (QED) is 0.530. The van der Waals surface area contributed by atoms with Gasteiger partial charge in [0.2, 0.25) is 0 Å². The van der Waals surface area contributed by atoms with Gasteiger partial charge in [0.1, 0.15) is 6.17 Å². The Morgan fingerprint density at radius 3 is 2.67 bits per heavy atom. The minimum absolute atomic E-state index is 0.259. The summed E-state index contributed by atoms with van der Waals surface area (Å²) in [5.41, 5.74) is 0. The van der Waals surface area contributed by atoms with Crippen molar-refractivity contribution in [3.63, 3.8) is 0 Å². The molecule has 0 fully saturated rings. The standard InChI is InChI=1S/C7H11FO/c1-5(8)6-3-2-4-7(6)9/h2-3,5-7,9H,4H2,1H3/t5?,6-,7+/m0/s1. The van der Waals surface area contributed by atoms with Crippen LogP contribution >= 0.6 is 0 Å². The molecule has 0 aromatic heterocycles. The van der Waals surface area contributed by atoms with Crippen LogP contribution in [0.25, 0.3) is 0 Å². The summed E-state index contributed by atoms with van der Waals surface area (Å²) in [6.45, 7) is 1.48. The Balaban J connectivity index is 2.49. The smallest absolute Gasteiger partial charge is 0.106 e. The van der Waals surface area contributed by atoms with E-state index in [2.05, 4.69) is 0 Å². The maximum absolute atomic E-state index is 12.4. The fourth-order valence-electron chi connectivity index (χ4n) is 1.12. The van der Waals surface area contributed by atoms with Crippen molar-refractivity contribution in [3.05, 3.63) is 12.2 Å². The van der Waals surface area contributed by atoms with Gasteiger partial charge in [0.25, 0.3) is 0 Å². The third kappa shape index (κ3) is 1.30. The summed E-state index contributed by atoms with van der Waals surface area (Å²) in [6.07, 6.45) is 2.78. The Kier molecular flexibility index (Phi) is 1.86. The first-order valence-electron chi connectivity index (χ1n) is 3.20. The Bertz CT molecular complexity index is 120. The van der Waals surface area contributed by atoms with Gasteiger partial charge in [0.15, 0.2) is 0 Å².